The van der Waals surface area contributed by atoms with E-state index in [0.29, 0.717) is 0 Å². The van der Waals surface area contributed by atoms with Crippen LogP contribution in [0.4, 0.5) is 0 Å². The predicted octanol–water partition coefficient (Wildman–Crippen LogP) is 3.65. The van der Waals surface area contributed by atoms with Crippen LogP contribution in [0.25, 0.3) is 0 Å². The van der Waals surface area contributed by atoms with Crippen LogP contribution in [0.2, 0.25) is 0 Å². The van der Waals surface area contributed by atoms with E-state index in [4.69, 9.17) is 4.74 Å². The first kappa shape index (κ1) is 15.5. The monoisotopic (exact) mass is 268 g/mol. The van der Waals surface area contributed by atoms with Gasteiger partial charge in [0.15, 0.2) is 0 Å². The molecule has 1 aromatic rings. The van der Waals surface area contributed by atoms with Crippen LogP contribution in [-0.2, 0) is 4.74 Å². The Bertz CT molecular complexity index is 363. The van der Waals surface area contributed by atoms with Crippen molar-refractivity contribution in [2.75, 3.05) is 12.9 Å². The van der Waals surface area contributed by atoms with Gasteiger partial charge in [-0.2, -0.15) is 0 Å². The Morgan fingerprint density at radius 3 is 2.61 bits per heavy atom. The van der Waals surface area contributed by atoms with Gasteiger partial charge in [-0.1, -0.05) is 18.2 Å². The van der Waals surface area contributed by atoms with Gasteiger partial charge in [0, 0.05) is 17.8 Å². The van der Waals surface area contributed by atoms with E-state index in [1.807, 2.05) is 26.0 Å². The lowest BCUT2D eigenvalue weighted by molar-refractivity contribution is 0.00494. The largest absolute Gasteiger partial charge is 0.392 e. The summed E-state index contributed by atoms with van der Waals surface area (Å²) in [6, 6.07) is 8.28. The first-order valence-corrected chi connectivity index (χ1v) is 7.35. The molecule has 0 fully saturated rings. The molecule has 1 unspecified atom stereocenters. The molecule has 1 atom stereocenters. The van der Waals surface area contributed by atoms with E-state index < -0.39 is 0 Å². The summed E-state index contributed by atoms with van der Waals surface area (Å²) in [7, 11) is 1.72. The molecule has 0 spiro atoms. The van der Waals surface area contributed by atoms with Gasteiger partial charge in [-0.3, -0.25) is 0 Å². The molecule has 0 saturated heterocycles. The molecule has 1 N–H and O–H groups in total. The van der Waals surface area contributed by atoms with Crippen LogP contribution in [0.5, 0.6) is 0 Å². The van der Waals surface area contributed by atoms with Gasteiger partial charge >= 0.3 is 0 Å². The molecule has 2 nitrogen and oxygen atoms in total. The Hall–Kier alpha value is -0.510. The lowest BCUT2D eigenvalue weighted by Crippen LogP contribution is -2.25. The maximum absolute atomic E-state index is 9.98. The molecule has 0 amide bonds. The van der Waals surface area contributed by atoms with Gasteiger partial charge < -0.3 is 9.84 Å². The fourth-order valence-electron chi connectivity index (χ4n) is 1.60. The minimum Gasteiger partial charge on any atom is -0.392 e. The van der Waals surface area contributed by atoms with E-state index in [2.05, 4.69) is 19.1 Å². The topological polar surface area (TPSA) is 29.5 Å². The number of rotatable bonds is 7. The zero-order chi connectivity index (χ0) is 13.6. The number of methoxy groups -OCH3 is 1. The van der Waals surface area contributed by atoms with Crippen LogP contribution >= 0.6 is 11.8 Å². The Morgan fingerprint density at radius 1 is 1.33 bits per heavy atom. The van der Waals surface area contributed by atoms with Crippen molar-refractivity contribution in [2.45, 2.75) is 50.2 Å². The molecule has 102 valence electrons. The highest BCUT2D eigenvalue weighted by Crippen LogP contribution is 2.24. The SMILES string of the molecule is COC(C)(C)CCC(O)CSc1ccccc1C. The summed E-state index contributed by atoms with van der Waals surface area (Å²) >= 11 is 1.72. The van der Waals surface area contributed by atoms with Crippen LogP contribution in [0.3, 0.4) is 0 Å². The van der Waals surface area contributed by atoms with E-state index in [-0.39, 0.29) is 11.7 Å². The van der Waals surface area contributed by atoms with E-state index in [0.717, 1.165) is 18.6 Å². The van der Waals surface area contributed by atoms with Gasteiger partial charge in [0.1, 0.15) is 0 Å². The number of benzene rings is 1. The van der Waals surface area contributed by atoms with Crippen LogP contribution in [0.1, 0.15) is 32.3 Å². The van der Waals surface area contributed by atoms with Gasteiger partial charge in [0.25, 0.3) is 0 Å². The molecule has 0 radical (unpaired) electrons. The van der Waals surface area contributed by atoms with Crippen LogP contribution < -0.4 is 0 Å². The van der Waals surface area contributed by atoms with Crippen molar-refractivity contribution in [3.63, 3.8) is 0 Å². The number of aliphatic hydroxyl groups is 1. The van der Waals surface area contributed by atoms with Gasteiger partial charge in [-0.15, -0.1) is 11.8 Å². The third-order valence-corrected chi connectivity index (χ3v) is 4.48. The van der Waals surface area contributed by atoms with Gasteiger partial charge in [0.2, 0.25) is 0 Å². The number of aliphatic hydroxyl groups excluding tert-OH is 1. The minimum atomic E-state index is -0.274. The molecule has 0 aliphatic rings. The minimum absolute atomic E-state index is 0.145. The Kier molecular flexibility index (Phi) is 6.19. The summed E-state index contributed by atoms with van der Waals surface area (Å²) in [5.74, 6) is 0.741. The second-order valence-electron chi connectivity index (χ2n) is 5.23. The molecule has 0 aliphatic heterocycles. The van der Waals surface area contributed by atoms with Crippen LogP contribution in [-0.4, -0.2) is 29.7 Å². The highest BCUT2D eigenvalue weighted by molar-refractivity contribution is 7.99. The van der Waals surface area contributed by atoms with E-state index in [9.17, 15) is 5.11 Å². The summed E-state index contributed by atoms with van der Waals surface area (Å²) in [6.07, 6.45) is 1.38. The number of ether oxygens (including phenoxy) is 1. The zero-order valence-electron chi connectivity index (χ0n) is 11.8. The van der Waals surface area contributed by atoms with Gasteiger partial charge in [0.05, 0.1) is 11.7 Å². The third-order valence-electron chi connectivity index (χ3n) is 3.16. The first-order chi connectivity index (χ1) is 8.44. The number of thioether (sulfide) groups is 1. The lowest BCUT2D eigenvalue weighted by Gasteiger charge is -2.24. The van der Waals surface area contributed by atoms with Crippen molar-refractivity contribution in [1.82, 2.24) is 0 Å². The molecule has 1 aromatic carbocycles. The van der Waals surface area contributed by atoms with Crippen molar-refractivity contribution in [3.05, 3.63) is 29.8 Å². The lowest BCUT2D eigenvalue weighted by atomic mass is 10.0. The van der Waals surface area contributed by atoms with Crippen LogP contribution in [0.15, 0.2) is 29.2 Å². The normalized spacial score (nSPS) is 13.6. The molecule has 3 heteroatoms. The summed E-state index contributed by atoms with van der Waals surface area (Å²) in [6.45, 7) is 6.20. The molecule has 0 bridgehead atoms. The second kappa shape index (κ2) is 7.17. The van der Waals surface area contributed by atoms with Crippen molar-refractivity contribution < 1.29 is 9.84 Å². The molecule has 0 aromatic heterocycles. The van der Waals surface area contributed by atoms with Crippen molar-refractivity contribution in [1.29, 1.82) is 0 Å². The molecular weight excluding hydrogens is 244 g/mol. The van der Waals surface area contributed by atoms with Crippen molar-refractivity contribution in [2.24, 2.45) is 0 Å². The maximum Gasteiger partial charge on any atom is 0.0635 e. The summed E-state index contributed by atoms with van der Waals surface area (Å²) < 4.78 is 5.35. The fraction of sp³-hybridized carbons (Fsp3) is 0.600. The average molecular weight is 268 g/mol. The molecular formula is C15H24O2S. The summed E-state index contributed by atoms with van der Waals surface area (Å²) in [5.41, 5.74) is 1.13. The Balaban J connectivity index is 2.34. The Labute approximate surface area is 115 Å². The smallest absolute Gasteiger partial charge is 0.0635 e. The van der Waals surface area contributed by atoms with Crippen molar-refractivity contribution in [3.8, 4) is 0 Å². The quantitative estimate of drug-likeness (QED) is 0.765. The highest BCUT2D eigenvalue weighted by Gasteiger charge is 2.18. The predicted molar refractivity (Wildman–Crippen MR) is 78.2 cm³/mol. The standard InChI is InChI=1S/C15H24O2S/c1-12-7-5-6-8-14(12)18-11-13(16)9-10-15(2,3)17-4/h5-8,13,16H,9-11H2,1-4H3. The van der Waals surface area contributed by atoms with E-state index in [1.54, 1.807) is 18.9 Å². The number of hydrogen-bond acceptors (Lipinski definition) is 3. The molecule has 18 heavy (non-hydrogen) atoms. The van der Waals surface area contributed by atoms with Gasteiger partial charge in [-0.05, 0) is 45.2 Å². The van der Waals surface area contributed by atoms with E-state index >= 15 is 0 Å². The molecule has 1 rings (SSSR count). The highest BCUT2D eigenvalue weighted by atomic mass is 32.2. The molecule has 0 saturated carbocycles. The Morgan fingerprint density at radius 2 is 2.00 bits per heavy atom. The average Bonchev–Trinajstić information content (AvgIpc) is 2.35. The first-order valence-electron chi connectivity index (χ1n) is 6.36. The molecule has 0 aliphatic carbocycles. The summed E-state index contributed by atoms with van der Waals surface area (Å²) in [5, 5.41) is 9.98. The maximum atomic E-state index is 9.98. The molecule has 0 heterocycles. The van der Waals surface area contributed by atoms with Crippen molar-refractivity contribution >= 4 is 11.8 Å². The second-order valence-corrected chi connectivity index (χ2v) is 6.29. The van der Waals surface area contributed by atoms with E-state index in [1.165, 1.54) is 10.5 Å². The number of aryl methyl sites for hydroxylation is 1. The third kappa shape index (κ3) is 5.42. The fourth-order valence-corrected chi connectivity index (χ4v) is 2.61. The summed E-state index contributed by atoms with van der Waals surface area (Å²) in [4.78, 5) is 1.25. The van der Waals surface area contributed by atoms with Gasteiger partial charge in [-0.25, -0.2) is 0 Å². The number of hydrogen-bond donors (Lipinski definition) is 1. The zero-order valence-corrected chi connectivity index (χ0v) is 12.6. The van der Waals surface area contributed by atoms with Crippen LogP contribution in [0, 0.1) is 6.92 Å².